The average Bonchev–Trinajstić information content (AvgIpc) is 2.84. The minimum absolute atomic E-state index is 0.0222. The van der Waals surface area contributed by atoms with Crippen LogP contribution in [0.2, 0.25) is 0 Å². The lowest BCUT2D eigenvalue weighted by Crippen LogP contribution is -2.49. The molecule has 0 aromatic heterocycles. The van der Waals surface area contributed by atoms with E-state index in [-0.39, 0.29) is 17.7 Å². The number of nitrogens with zero attached hydrogens (tertiary/aromatic N) is 3. The van der Waals surface area contributed by atoms with Crippen molar-refractivity contribution in [3.8, 4) is 0 Å². The zero-order valence-electron chi connectivity index (χ0n) is 19.0. The molecule has 174 valence electrons. The topological polar surface area (TPSA) is 85.0 Å². The minimum Gasteiger partial charge on any atom is -0.366 e. The molecule has 3 amide bonds. The number of rotatable bonds is 5. The summed E-state index contributed by atoms with van der Waals surface area (Å²) in [6.07, 6.45) is 0.404. The molecule has 2 fully saturated rings. The average molecular weight is 450 g/mol. The van der Waals surface area contributed by atoms with Crippen LogP contribution in [0.15, 0.2) is 48.5 Å². The number of benzene rings is 2. The molecule has 8 nitrogen and oxygen atoms in total. The number of anilines is 2. The SMILES string of the molecule is CC(=O)Nc1cc(C(=O)N2CCNCC2)ccc1N1CCN(C(=O)Cc2ccccc2)CC1. The highest BCUT2D eigenvalue weighted by molar-refractivity contribution is 5.99. The first-order valence-electron chi connectivity index (χ1n) is 11.5. The highest BCUT2D eigenvalue weighted by Crippen LogP contribution is 2.29. The van der Waals surface area contributed by atoms with E-state index >= 15 is 0 Å². The van der Waals surface area contributed by atoms with Crippen LogP contribution >= 0.6 is 0 Å². The molecular formula is C25H31N5O3. The smallest absolute Gasteiger partial charge is 0.254 e. The van der Waals surface area contributed by atoms with E-state index in [9.17, 15) is 14.4 Å². The van der Waals surface area contributed by atoms with Crippen LogP contribution in [0.5, 0.6) is 0 Å². The molecule has 0 spiro atoms. The van der Waals surface area contributed by atoms with Crippen molar-refractivity contribution in [2.75, 3.05) is 62.6 Å². The number of carbonyl (C=O) groups excluding carboxylic acids is 3. The van der Waals surface area contributed by atoms with Gasteiger partial charge in [-0.15, -0.1) is 0 Å². The van der Waals surface area contributed by atoms with E-state index in [1.54, 1.807) is 6.07 Å². The zero-order valence-corrected chi connectivity index (χ0v) is 19.0. The maximum Gasteiger partial charge on any atom is 0.254 e. The van der Waals surface area contributed by atoms with Crippen molar-refractivity contribution in [3.05, 3.63) is 59.7 Å². The van der Waals surface area contributed by atoms with Gasteiger partial charge in [0.25, 0.3) is 5.91 Å². The zero-order chi connectivity index (χ0) is 23.2. The number of amides is 3. The van der Waals surface area contributed by atoms with Gasteiger partial charge < -0.3 is 25.3 Å². The molecule has 2 saturated heterocycles. The number of carbonyl (C=O) groups is 3. The Morgan fingerprint density at radius 2 is 1.58 bits per heavy atom. The first kappa shape index (κ1) is 22.8. The highest BCUT2D eigenvalue weighted by Gasteiger charge is 2.25. The lowest BCUT2D eigenvalue weighted by Gasteiger charge is -2.37. The van der Waals surface area contributed by atoms with Crippen molar-refractivity contribution >= 4 is 29.1 Å². The Morgan fingerprint density at radius 1 is 0.879 bits per heavy atom. The molecule has 2 N–H and O–H groups in total. The third-order valence-corrected chi connectivity index (χ3v) is 6.13. The van der Waals surface area contributed by atoms with Crippen molar-refractivity contribution in [2.24, 2.45) is 0 Å². The molecule has 2 aromatic carbocycles. The highest BCUT2D eigenvalue weighted by atomic mass is 16.2. The summed E-state index contributed by atoms with van der Waals surface area (Å²) in [6.45, 7) is 6.96. The van der Waals surface area contributed by atoms with E-state index in [2.05, 4.69) is 15.5 Å². The molecule has 33 heavy (non-hydrogen) atoms. The summed E-state index contributed by atoms with van der Waals surface area (Å²) in [4.78, 5) is 43.4. The van der Waals surface area contributed by atoms with Crippen molar-refractivity contribution in [3.63, 3.8) is 0 Å². The van der Waals surface area contributed by atoms with Gasteiger partial charge in [0.1, 0.15) is 0 Å². The molecule has 2 aromatic rings. The molecule has 4 rings (SSSR count). The van der Waals surface area contributed by atoms with E-state index < -0.39 is 0 Å². The van der Waals surface area contributed by atoms with E-state index in [1.807, 2.05) is 52.3 Å². The maximum absolute atomic E-state index is 12.9. The van der Waals surface area contributed by atoms with Gasteiger partial charge in [0, 0.05) is 64.8 Å². The van der Waals surface area contributed by atoms with Gasteiger partial charge >= 0.3 is 0 Å². The molecule has 2 aliphatic heterocycles. The minimum atomic E-state index is -0.181. The standard InChI is InChI=1S/C25H31N5O3/c1-19(31)27-22-18-21(25(33)30-11-9-26-10-12-30)7-8-23(22)28-13-15-29(16-14-28)24(32)17-20-5-3-2-4-6-20/h2-8,18,26H,9-17H2,1H3,(H,27,31). The van der Waals surface area contributed by atoms with Gasteiger partial charge in [-0.2, -0.15) is 0 Å². The summed E-state index contributed by atoms with van der Waals surface area (Å²) in [5, 5.41) is 6.14. The number of piperazine rings is 2. The summed E-state index contributed by atoms with van der Waals surface area (Å²) < 4.78 is 0. The van der Waals surface area contributed by atoms with E-state index in [0.29, 0.717) is 56.9 Å². The lowest BCUT2D eigenvalue weighted by molar-refractivity contribution is -0.130. The number of nitrogens with one attached hydrogen (secondary N) is 2. The summed E-state index contributed by atoms with van der Waals surface area (Å²) in [7, 11) is 0. The van der Waals surface area contributed by atoms with Crippen LogP contribution in [0.4, 0.5) is 11.4 Å². The van der Waals surface area contributed by atoms with Crippen molar-refractivity contribution < 1.29 is 14.4 Å². The second-order valence-electron chi connectivity index (χ2n) is 8.49. The molecule has 2 heterocycles. The van der Waals surface area contributed by atoms with Gasteiger partial charge in [-0.3, -0.25) is 14.4 Å². The predicted octanol–water partition coefficient (Wildman–Crippen LogP) is 1.58. The van der Waals surface area contributed by atoms with Crippen molar-refractivity contribution in [1.29, 1.82) is 0 Å². The molecule has 0 unspecified atom stereocenters. The summed E-state index contributed by atoms with van der Waals surface area (Å²) >= 11 is 0. The summed E-state index contributed by atoms with van der Waals surface area (Å²) in [5.74, 6) is -0.0782. The fourth-order valence-corrected chi connectivity index (χ4v) is 4.36. The van der Waals surface area contributed by atoms with Crippen LogP contribution in [-0.2, 0) is 16.0 Å². The Morgan fingerprint density at radius 3 is 2.24 bits per heavy atom. The second-order valence-corrected chi connectivity index (χ2v) is 8.49. The van der Waals surface area contributed by atoms with Gasteiger partial charge in [-0.05, 0) is 23.8 Å². The molecule has 0 atom stereocenters. The monoisotopic (exact) mass is 449 g/mol. The fraction of sp³-hybridized carbons (Fsp3) is 0.400. The van der Waals surface area contributed by atoms with Gasteiger partial charge in [0.05, 0.1) is 17.8 Å². The van der Waals surface area contributed by atoms with Crippen LogP contribution in [0.3, 0.4) is 0 Å². The lowest BCUT2D eigenvalue weighted by atomic mass is 10.1. The maximum atomic E-state index is 12.9. The van der Waals surface area contributed by atoms with E-state index in [0.717, 1.165) is 24.3 Å². The second kappa shape index (κ2) is 10.5. The first-order valence-corrected chi connectivity index (χ1v) is 11.5. The van der Waals surface area contributed by atoms with Gasteiger partial charge in [-0.1, -0.05) is 30.3 Å². The molecule has 0 radical (unpaired) electrons. The van der Waals surface area contributed by atoms with Crippen LogP contribution in [0.25, 0.3) is 0 Å². The first-order chi connectivity index (χ1) is 16.0. The molecule has 0 bridgehead atoms. The third kappa shape index (κ3) is 5.70. The largest absolute Gasteiger partial charge is 0.366 e. The van der Waals surface area contributed by atoms with Gasteiger partial charge in [0.2, 0.25) is 11.8 Å². The molecular weight excluding hydrogens is 418 g/mol. The van der Waals surface area contributed by atoms with Crippen molar-refractivity contribution in [1.82, 2.24) is 15.1 Å². The third-order valence-electron chi connectivity index (χ3n) is 6.13. The number of hydrogen-bond donors (Lipinski definition) is 2. The van der Waals surface area contributed by atoms with E-state index in [1.165, 1.54) is 6.92 Å². The van der Waals surface area contributed by atoms with Crippen LogP contribution < -0.4 is 15.5 Å². The summed E-state index contributed by atoms with van der Waals surface area (Å²) in [5.41, 5.74) is 3.09. The van der Waals surface area contributed by atoms with Gasteiger partial charge in [-0.25, -0.2) is 0 Å². The molecule has 0 saturated carbocycles. The fourth-order valence-electron chi connectivity index (χ4n) is 4.36. The Hall–Kier alpha value is -3.39. The Balaban J connectivity index is 1.44. The quantitative estimate of drug-likeness (QED) is 0.724. The van der Waals surface area contributed by atoms with Crippen LogP contribution in [0, 0.1) is 0 Å². The predicted molar refractivity (Wildman–Crippen MR) is 128 cm³/mol. The molecule has 0 aliphatic carbocycles. The van der Waals surface area contributed by atoms with Crippen LogP contribution in [-0.4, -0.2) is 79.9 Å². The van der Waals surface area contributed by atoms with Gasteiger partial charge in [0.15, 0.2) is 0 Å². The van der Waals surface area contributed by atoms with Crippen LogP contribution in [0.1, 0.15) is 22.8 Å². The van der Waals surface area contributed by atoms with Crippen molar-refractivity contribution in [2.45, 2.75) is 13.3 Å². The molecule has 8 heteroatoms. The Kier molecular flexibility index (Phi) is 7.24. The molecule has 2 aliphatic rings. The summed E-state index contributed by atoms with van der Waals surface area (Å²) in [6, 6.07) is 15.3. The Labute approximate surface area is 194 Å². The number of hydrogen-bond acceptors (Lipinski definition) is 5. The Bertz CT molecular complexity index is 996. The normalized spacial score (nSPS) is 16.5. The van der Waals surface area contributed by atoms with E-state index in [4.69, 9.17) is 0 Å².